The van der Waals surface area contributed by atoms with Gasteiger partial charge in [0.1, 0.15) is 0 Å². The number of nitrogens with zero attached hydrogens (tertiary/aromatic N) is 3. The van der Waals surface area contributed by atoms with Crippen LogP contribution in [0.15, 0.2) is 53.7 Å². The normalized spacial score (nSPS) is 19.8. The van der Waals surface area contributed by atoms with Crippen molar-refractivity contribution in [3.8, 4) is 6.07 Å². The molecule has 1 aliphatic carbocycles. The molecule has 0 atom stereocenters. The molecule has 3 aliphatic rings. The van der Waals surface area contributed by atoms with Gasteiger partial charge in [-0.15, -0.1) is 0 Å². The van der Waals surface area contributed by atoms with Gasteiger partial charge in [-0.25, -0.2) is 0 Å². The lowest BCUT2D eigenvalue weighted by Crippen LogP contribution is -2.38. The van der Waals surface area contributed by atoms with E-state index in [1.807, 2.05) is 17.0 Å². The summed E-state index contributed by atoms with van der Waals surface area (Å²) >= 11 is 0. The Morgan fingerprint density at radius 3 is 2.38 bits per heavy atom. The molecule has 0 radical (unpaired) electrons. The number of rotatable bonds is 6. The number of nitrogens with one attached hydrogen (secondary N) is 1. The molecule has 1 saturated carbocycles. The van der Waals surface area contributed by atoms with E-state index in [0.29, 0.717) is 17.4 Å². The van der Waals surface area contributed by atoms with E-state index in [0.717, 1.165) is 64.0 Å². The van der Waals surface area contributed by atoms with Crippen LogP contribution in [-0.2, 0) is 6.54 Å². The number of carbonyl (C=O) groups excluding carboxylic acids is 1. The van der Waals surface area contributed by atoms with E-state index in [4.69, 9.17) is 5.26 Å². The Morgan fingerprint density at radius 2 is 1.70 bits per heavy atom. The van der Waals surface area contributed by atoms with Crippen LogP contribution in [0.4, 0.5) is 0 Å². The van der Waals surface area contributed by atoms with Crippen LogP contribution >= 0.6 is 0 Å². The number of hydrogen-bond acceptors (Lipinski definition) is 4. The number of hydrogen-bond donors (Lipinski definition) is 1. The highest BCUT2D eigenvalue weighted by Crippen LogP contribution is 2.38. The Morgan fingerprint density at radius 1 is 0.973 bits per heavy atom. The molecule has 1 N–H and O–H groups in total. The third-order valence-corrected chi connectivity index (χ3v) is 8.85. The highest BCUT2D eigenvalue weighted by atomic mass is 16.2. The van der Waals surface area contributed by atoms with Crippen LogP contribution in [0.3, 0.4) is 0 Å². The van der Waals surface area contributed by atoms with Gasteiger partial charge in [-0.3, -0.25) is 4.79 Å². The number of benzene rings is 2. The molecule has 2 heterocycles. The minimum absolute atomic E-state index is 0.158. The zero-order chi connectivity index (χ0) is 25.8. The molecule has 2 fully saturated rings. The molecule has 0 aromatic heterocycles. The summed E-state index contributed by atoms with van der Waals surface area (Å²) in [5, 5.41) is 12.8. The molecule has 5 nitrogen and oxygen atoms in total. The topological polar surface area (TPSA) is 59.4 Å². The first-order valence-electron chi connectivity index (χ1n) is 14.0. The van der Waals surface area contributed by atoms with Crippen molar-refractivity contribution in [2.75, 3.05) is 33.2 Å². The summed E-state index contributed by atoms with van der Waals surface area (Å²) in [6.07, 6.45) is 7.94. The molecule has 2 aromatic rings. The molecule has 0 bridgehead atoms. The third-order valence-electron chi connectivity index (χ3n) is 8.85. The van der Waals surface area contributed by atoms with Crippen LogP contribution in [0.1, 0.15) is 96.3 Å². The fraction of sp³-hybridized carbons (Fsp3) is 0.500. The standard InChI is InChI=1S/C32H40N4O/c1-23-12-16-35(2)17-15-31(23)34-22-29-20-28(10-11-30(29)27-4-3-5-27)32(37)36-18-13-26(14-19-36)25-8-6-24(21-33)7-9-25/h6-11,20,26-27,34H,3-5,12-19,22H2,1-2H3. The third kappa shape index (κ3) is 5.91. The monoisotopic (exact) mass is 496 g/mol. The second-order valence-electron chi connectivity index (χ2n) is 11.3. The molecule has 0 spiro atoms. The van der Waals surface area contributed by atoms with Crippen LogP contribution in [-0.4, -0.2) is 48.9 Å². The summed E-state index contributed by atoms with van der Waals surface area (Å²) in [4.78, 5) is 18.0. The fourth-order valence-electron chi connectivity index (χ4n) is 6.02. The highest BCUT2D eigenvalue weighted by Gasteiger charge is 2.27. The predicted octanol–water partition coefficient (Wildman–Crippen LogP) is 5.93. The number of amides is 1. The Labute approximate surface area is 222 Å². The lowest BCUT2D eigenvalue weighted by molar-refractivity contribution is 0.0713. The van der Waals surface area contributed by atoms with Crippen LogP contribution in [0.5, 0.6) is 0 Å². The lowest BCUT2D eigenvalue weighted by atomic mass is 9.77. The van der Waals surface area contributed by atoms with Crippen LogP contribution < -0.4 is 5.32 Å². The smallest absolute Gasteiger partial charge is 0.253 e. The van der Waals surface area contributed by atoms with Crippen molar-refractivity contribution in [2.24, 2.45) is 0 Å². The molecule has 194 valence electrons. The zero-order valence-corrected chi connectivity index (χ0v) is 22.4. The van der Waals surface area contributed by atoms with E-state index < -0.39 is 0 Å². The first-order chi connectivity index (χ1) is 18.0. The van der Waals surface area contributed by atoms with E-state index in [-0.39, 0.29) is 5.91 Å². The molecule has 5 heteroatoms. The first-order valence-corrected chi connectivity index (χ1v) is 14.0. The number of likely N-dealkylation sites (tertiary alicyclic amines) is 1. The molecule has 5 rings (SSSR count). The fourth-order valence-corrected chi connectivity index (χ4v) is 6.02. The van der Waals surface area contributed by atoms with E-state index in [1.54, 1.807) is 0 Å². The van der Waals surface area contributed by atoms with Gasteiger partial charge < -0.3 is 15.1 Å². The maximum Gasteiger partial charge on any atom is 0.253 e. The van der Waals surface area contributed by atoms with Crippen molar-refractivity contribution >= 4 is 5.91 Å². The van der Waals surface area contributed by atoms with Crippen molar-refractivity contribution in [3.63, 3.8) is 0 Å². The Kier molecular flexibility index (Phi) is 7.96. The minimum Gasteiger partial charge on any atom is -0.384 e. The van der Waals surface area contributed by atoms with Gasteiger partial charge >= 0.3 is 0 Å². The maximum atomic E-state index is 13.5. The van der Waals surface area contributed by atoms with Crippen molar-refractivity contribution in [3.05, 3.63) is 81.6 Å². The molecule has 0 unspecified atom stereocenters. The van der Waals surface area contributed by atoms with Crippen molar-refractivity contribution in [2.45, 2.75) is 70.3 Å². The zero-order valence-electron chi connectivity index (χ0n) is 22.4. The Balaban J connectivity index is 1.26. The van der Waals surface area contributed by atoms with Gasteiger partial charge in [0.15, 0.2) is 0 Å². The number of carbonyl (C=O) groups is 1. The maximum absolute atomic E-state index is 13.5. The molecule has 1 amide bonds. The summed E-state index contributed by atoms with van der Waals surface area (Å²) in [5.41, 5.74) is 8.36. The summed E-state index contributed by atoms with van der Waals surface area (Å²) in [5.74, 6) is 1.25. The van der Waals surface area contributed by atoms with Gasteiger partial charge in [0.25, 0.3) is 5.91 Å². The van der Waals surface area contributed by atoms with Crippen molar-refractivity contribution < 1.29 is 4.79 Å². The second kappa shape index (κ2) is 11.5. The van der Waals surface area contributed by atoms with Crippen LogP contribution in [0.2, 0.25) is 0 Å². The first kappa shape index (κ1) is 25.5. The van der Waals surface area contributed by atoms with Gasteiger partial charge in [0.2, 0.25) is 0 Å². The summed E-state index contributed by atoms with van der Waals surface area (Å²) < 4.78 is 0. The Bertz CT molecular complexity index is 1180. The number of nitriles is 1. The SMILES string of the molecule is CC1=C(NCc2cc(C(=O)N3CCC(c4ccc(C#N)cc4)CC3)ccc2C2CCC2)CCN(C)CC1. The van der Waals surface area contributed by atoms with Crippen LogP contribution in [0, 0.1) is 11.3 Å². The lowest BCUT2D eigenvalue weighted by Gasteiger charge is -2.33. The summed E-state index contributed by atoms with van der Waals surface area (Å²) in [6, 6.07) is 16.6. The summed E-state index contributed by atoms with van der Waals surface area (Å²) in [7, 11) is 2.20. The Hall–Kier alpha value is -3.10. The molecule has 1 saturated heterocycles. The summed E-state index contributed by atoms with van der Waals surface area (Å²) in [6.45, 7) is 6.82. The molecule has 2 aliphatic heterocycles. The average Bonchev–Trinajstić information content (AvgIpc) is 3.07. The van der Waals surface area contributed by atoms with E-state index in [1.165, 1.54) is 47.2 Å². The van der Waals surface area contributed by atoms with Crippen molar-refractivity contribution in [1.29, 1.82) is 5.26 Å². The predicted molar refractivity (Wildman–Crippen MR) is 148 cm³/mol. The quantitative estimate of drug-likeness (QED) is 0.538. The van der Waals surface area contributed by atoms with Gasteiger partial charge in [-0.05, 0) is 105 Å². The largest absolute Gasteiger partial charge is 0.384 e. The average molecular weight is 497 g/mol. The molecule has 37 heavy (non-hydrogen) atoms. The van der Waals surface area contributed by atoms with Crippen molar-refractivity contribution in [1.82, 2.24) is 15.1 Å². The second-order valence-corrected chi connectivity index (χ2v) is 11.3. The highest BCUT2D eigenvalue weighted by molar-refractivity contribution is 5.94. The van der Waals surface area contributed by atoms with Gasteiger partial charge in [-0.2, -0.15) is 5.26 Å². The van der Waals surface area contributed by atoms with E-state index in [2.05, 4.69) is 60.6 Å². The molecule has 2 aromatic carbocycles. The van der Waals surface area contributed by atoms with E-state index >= 15 is 0 Å². The molecular formula is C32H40N4O. The molecular weight excluding hydrogens is 456 g/mol. The minimum atomic E-state index is 0.158. The van der Waals surface area contributed by atoms with Crippen LogP contribution in [0.25, 0.3) is 0 Å². The number of piperidine rings is 1. The van der Waals surface area contributed by atoms with E-state index in [9.17, 15) is 4.79 Å². The van der Waals surface area contributed by atoms with Gasteiger partial charge in [0.05, 0.1) is 11.6 Å². The van der Waals surface area contributed by atoms with Gasteiger partial charge in [-0.1, -0.05) is 30.2 Å². The van der Waals surface area contributed by atoms with Gasteiger partial charge in [0, 0.05) is 44.0 Å².